The fraction of sp³-hybridized carbons (Fsp3) is 0.278. The van der Waals surface area contributed by atoms with Crippen molar-refractivity contribution < 1.29 is 4.79 Å². The second kappa shape index (κ2) is 4.92. The molecule has 106 valence electrons. The van der Waals surface area contributed by atoms with E-state index in [0.29, 0.717) is 0 Å². The molecule has 1 fully saturated rings. The van der Waals surface area contributed by atoms with Gasteiger partial charge in [0, 0.05) is 29.5 Å². The summed E-state index contributed by atoms with van der Waals surface area (Å²) >= 11 is 0. The van der Waals surface area contributed by atoms with Crippen LogP contribution in [0.5, 0.6) is 0 Å². The summed E-state index contributed by atoms with van der Waals surface area (Å²) in [5.41, 5.74) is 4.78. The third-order valence-electron chi connectivity index (χ3n) is 4.28. The van der Waals surface area contributed by atoms with Crippen molar-refractivity contribution in [1.29, 1.82) is 0 Å². The molecular formula is C18H18N2O. The SMILES string of the molecule is O=C(Nc1ccc(N2CCc3ccccc32)cc1)C1CC1. The van der Waals surface area contributed by atoms with Gasteiger partial charge in [0.25, 0.3) is 0 Å². The van der Waals surface area contributed by atoms with Gasteiger partial charge in [-0.15, -0.1) is 0 Å². The molecule has 2 aromatic rings. The quantitative estimate of drug-likeness (QED) is 0.927. The van der Waals surface area contributed by atoms with Crippen LogP contribution in [0.2, 0.25) is 0 Å². The molecule has 3 heteroatoms. The van der Waals surface area contributed by atoms with Gasteiger partial charge in [-0.25, -0.2) is 0 Å². The molecule has 0 aromatic heterocycles. The maximum atomic E-state index is 11.8. The number of para-hydroxylation sites is 1. The van der Waals surface area contributed by atoms with Crippen molar-refractivity contribution in [3.05, 3.63) is 54.1 Å². The van der Waals surface area contributed by atoms with Crippen molar-refractivity contribution >= 4 is 23.0 Å². The Kier molecular flexibility index (Phi) is 2.92. The van der Waals surface area contributed by atoms with Crippen molar-refractivity contribution in [1.82, 2.24) is 0 Å². The Balaban J connectivity index is 1.53. The number of nitrogens with zero attached hydrogens (tertiary/aromatic N) is 1. The monoisotopic (exact) mass is 278 g/mol. The van der Waals surface area contributed by atoms with Crippen LogP contribution in [0, 0.1) is 5.92 Å². The Morgan fingerprint density at radius 3 is 2.57 bits per heavy atom. The summed E-state index contributed by atoms with van der Waals surface area (Å²) in [6.45, 7) is 1.02. The Hall–Kier alpha value is -2.29. The standard InChI is InChI=1S/C18H18N2O/c21-18(14-5-6-14)19-15-7-9-16(10-8-15)20-12-11-13-3-1-2-4-17(13)20/h1-4,7-10,14H,5-6,11-12H2,(H,19,21). The Labute approximate surface area is 124 Å². The zero-order valence-electron chi connectivity index (χ0n) is 11.9. The number of anilines is 3. The van der Waals surface area contributed by atoms with Crippen molar-refractivity contribution in [3.63, 3.8) is 0 Å². The third-order valence-corrected chi connectivity index (χ3v) is 4.28. The first-order valence-corrected chi connectivity index (χ1v) is 7.58. The minimum absolute atomic E-state index is 0.161. The molecule has 1 amide bonds. The maximum Gasteiger partial charge on any atom is 0.227 e. The zero-order chi connectivity index (χ0) is 14.2. The van der Waals surface area contributed by atoms with E-state index in [0.717, 1.165) is 31.5 Å². The first-order valence-electron chi connectivity index (χ1n) is 7.58. The molecule has 0 atom stereocenters. The van der Waals surface area contributed by atoms with E-state index in [-0.39, 0.29) is 11.8 Å². The Morgan fingerprint density at radius 1 is 1.05 bits per heavy atom. The highest BCUT2D eigenvalue weighted by Crippen LogP contribution is 2.35. The number of benzene rings is 2. The number of hydrogen-bond acceptors (Lipinski definition) is 2. The summed E-state index contributed by atoms with van der Waals surface area (Å²) in [6, 6.07) is 16.7. The Morgan fingerprint density at radius 2 is 1.81 bits per heavy atom. The summed E-state index contributed by atoms with van der Waals surface area (Å²) in [5.74, 6) is 0.407. The molecule has 21 heavy (non-hydrogen) atoms. The van der Waals surface area contributed by atoms with Crippen LogP contribution in [-0.4, -0.2) is 12.5 Å². The van der Waals surface area contributed by atoms with Crippen molar-refractivity contribution in [3.8, 4) is 0 Å². The van der Waals surface area contributed by atoms with Gasteiger partial charge < -0.3 is 10.2 Å². The molecule has 0 spiro atoms. The van der Waals surface area contributed by atoms with Gasteiger partial charge in [-0.2, -0.15) is 0 Å². The highest BCUT2D eigenvalue weighted by atomic mass is 16.2. The molecule has 0 radical (unpaired) electrons. The van der Waals surface area contributed by atoms with Crippen molar-refractivity contribution in [2.75, 3.05) is 16.8 Å². The van der Waals surface area contributed by atoms with Gasteiger partial charge in [0.1, 0.15) is 0 Å². The predicted octanol–water partition coefficient (Wildman–Crippen LogP) is 3.73. The summed E-state index contributed by atoms with van der Waals surface area (Å²) in [4.78, 5) is 14.1. The second-order valence-electron chi connectivity index (χ2n) is 5.84. The summed E-state index contributed by atoms with van der Waals surface area (Å²) in [7, 11) is 0. The highest BCUT2D eigenvalue weighted by molar-refractivity contribution is 5.94. The van der Waals surface area contributed by atoms with Crippen LogP contribution >= 0.6 is 0 Å². The maximum absolute atomic E-state index is 11.8. The number of carbonyl (C=O) groups excluding carboxylic acids is 1. The van der Waals surface area contributed by atoms with Crippen LogP contribution in [0.1, 0.15) is 18.4 Å². The lowest BCUT2D eigenvalue weighted by molar-refractivity contribution is -0.117. The molecule has 2 aliphatic rings. The molecule has 0 unspecified atom stereocenters. The largest absolute Gasteiger partial charge is 0.341 e. The number of hydrogen-bond donors (Lipinski definition) is 1. The van der Waals surface area contributed by atoms with Crippen LogP contribution < -0.4 is 10.2 Å². The number of amides is 1. The lowest BCUT2D eigenvalue weighted by Gasteiger charge is -2.20. The lowest BCUT2D eigenvalue weighted by Crippen LogP contribution is -2.15. The van der Waals surface area contributed by atoms with Crippen LogP contribution in [0.4, 0.5) is 17.1 Å². The molecule has 1 aliphatic heterocycles. The van der Waals surface area contributed by atoms with E-state index < -0.39 is 0 Å². The molecule has 3 nitrogen and oxygen atoms in total. The van der Waals surface area contributed by atoms with E-state index in [1.54, 1.807) is 0 Å². The smallest absolute Gasteiger partial charge is 0.227 e. The normalized spacial score (nSPS) is 16.7. The minimum atomic E-state index is 0.161. The van der Waals surface area contributed by atoms with Gasteiger partial charge in [0.15, 0.2) is 0 Å². The van der Waals surface area contributed by atoms with E-state index >= 15 is 0 Å². The summed E-state index contributed by atoms with van der Waals surface area (Å²) in [6.07, 6.45) is 3.17. The number of carbonyl (C=O) groups is 1. The fourth-order valence-electron chi connectivity index (χ4n) is 2.92. The molecule has 0 saturated heterocycles. The van der Waals surface area contributed by atoms with E-state index in [2.05, 4.69) is 46.6 Å². The first-order chi connectivity index (χ1) is 10.3. The van der Waals surface area contributed by atoms with Crippen LogP contribution in [0.25, 0.3) is 0 Å². The molecule has 1 saturated carbocycles. The van der Waals surface area contributed by atoms with Gasteiger partial charge in [-0.1, -0.05) is 18.2 Å². The second-order valence-corrected chi connectivity index (χ2v) is 5.84. The molecule has 0 bridgehead atoms. The number of fused-ring (bicyclic) bond motifs is 1. The van der Waals surface area contributed by atoms with E-state index in [1.165, 1.54) is 16.9 Å². The van der Waals surface area contributed by atoms with Gasteiger partial charge in [0.2, 0.25) is 5.91 Å². The summed E-state index contributed by atoms with van der Waals surface area (Å²) < 4.78 is 0. The van der Waals surface area contributed by atoms with Gasteiger partial charge in [-0.3, -0.25) is 4.79 Å². The van der Waals surface area contributed by atoms with Gasteiger partial charge in [0.05, 0.1) is 0 Å². The molecule has 2 aromatic carbocycles. The first kappa shape index (κ1) is 12.5. The van der Waals surface area contributed by atoms with E-state index in [1.807, 2.05) is 12.1 Å². The van der Waals surface area contributed by atoms with Crippen LogP contribution in [0.3, 0.4) is 0 Å². The lowest BCUT2D eigenvalue weighted by atomic mass is 10.2. The minimum Gasteiger partial charge on any atom is -0.341 e. The fourth-order valence-corrected chi connectivity index (χ4v) is 2.92. The van der Waals surface area contributed by atoms with E-state index in [4.69, 9.17) is 0 Å². The average molecular weight is 278 g/mol. The Bertz CT molecular complexity index is 674. The number of nitrogens with one attached hydrogen (secondary N) is 1. The highest BCUT2D eigenvalue weighted by Gasteiger charge is 2.29. The third kappa shape index (κ3) is 2.40. The van der Waals surface area contributed by atoms with Gasteiger partial charge in [-0.05, 0) is 55.2 Å². The molecule has 1 N–H and O–H groups in total. The molecule has 4 rings (SSSR count). The predicted molar refractivity (Wildman–Crippen MR) is 84.9 cm³/mol. The van der Waals surface area contributed by atoms with Crippen LogP contribution in [0.15, 0.2) is 48.5 Å². The zero-order valence-corrected chi connectivity index (χ0v) is 11.9. The molecule has 1 aliphatic carbocycles. The van der Waals surface area contributed by atoms with Gasteiger partial charge >= 0.3 is 0 Å². The van der Waals surface area contributed by atoms with Crippen molar-refractivity contribution in [2.45, 2.75) is 19.3 Å². The molecular weight excluding hydrogens is 260 g/mol. The average Bonchev–Trinajstić information content (AvgIpc) is 3.28. The summed E-state index contributed by atoms with van der Waals surface area (Å²) in [5, 5.41) is 2.98. The molecule has 1 heterocycles. The van der Waals surface area contributed by atoms with E-state index in [9.17, 15) is 4.79 Å². The topological polar surface area (TPSA) is 32.3 Å². The van der Waals surface area contributed by atoms with Crippen LogP contribution in [-0.2, 0) is 11.2 Å². The number of rotatable bonds is 3. The van der Waals surface area contributed by atoms with Crippen molar-refractivity contribution in [2.24, 2.45) is 5.92 Å².